The van der Waals surface area contributed by atoms with E-state index in [4.69, 9.17) is 11.6 Å². The van der Waals surface area contributed by atoms with Crippen LogP contribution in [0, 0.1) is 5.82 Å². The number of nitrogens with zero attached hydrogens (tertiary/aromatic N) is 4. The van der Waals surface area contributed by atoms with Gasteiger partial charge in [0.1, 0.15) is 16.8 Å². The Kier molecular flexibility index (Phi) is 8.69. The predicted octanol–water partition coefficient (Wildman–Crippen LogP) is 3.51. The van der Waals surface area contributed by atoms with Gasteiger partial charge >= 0.3 is 0 Å². The summed E-state index contributed by atoms with van der Waals surface area (Å²) in [6.45, 7) is 6.31. The van der Waals surface area contributed by atoms with Gasteiger partial charge in [-0.05, 0) is 31.0 Å². The maximum Gasteiger partial charge on any atom is 0.230 e. The van der Waals surface area contributed by atoms with Crippen molar-refractivity contribution < 1.29 is 14.0 Å². The minimum Gasteiger partial charge on any atom is -0.353 e. The lowest BCUT2D eigenvalue weighted by atomic mass is 10.1. The lowest BCUT2D eigenvalue weighted by Crippen LogP contribution is -2.54. The van der Waals surface area contributed by atoms with Gasteiger partial charge in [-0.3, -0.25) is 9.59 Å². The zero-order valence-corrected chi connectivity index (χ0v) is 19.8. The summed E-state index contributed by atoms with van der Waals surface area (Å²) in [5, 5.41) is 3.52. The van der Waals surface area contributed by atoms with Gasteiger partial charge in [0.25, 0.3) is 0 Å². The molecule has 7 nitrogen and oxygen atoms in total. The fraction of sp³-hybridized carbons (Fsp3) is 0.455. The van der Waals surface area contributed by atoms with Crippen molar-refractivity contribution in [2.24, 2.45) is 0 Å². The van der Waals surface area contributed by atoms with E-state index < -0.39 is 0 Å². The van der Waals surface area contributed by atoms with Crippen molar-refractivity contribution in [1.82, 2.24) is 20.2 Å². The van der Waals surface area contributed by atoms with Gasteiger partial charge in [0.05, 0.1) is 5.75 Å². The first-order valence-electron chi connectivity index (χ1n) is 10.6. The molecule has 1 aliphatic heterocycles. The standard InChI is InChI=1S/C22H27ClFN5O2S/c1-3-4-21(31)29-10-9-28(13-15(29)2)19-11-18(23)26-22(27-19)32-14-20(30)25-12-16-5-7-17(24)8-6-16/h5-8,11,15H,3-4,9-10,12-14H2,1-2H3,(H,25,30). The second-order valence-electron chi connectivity index (χ2n) is 7.66. The minimum atomic E-state index is -0.312. The van der Waals surface area contributed by atoms with Crippen LogP contribution < -0.4 is 10.2 Å². The molecule has 1 fully saturated rings. The van der Waals surface area contributed by atoms with E-state index in [1.807, 2.05) is 18.7 Å². The van der Waals surface area contributed by atoms with Crippen LogP contribution in [0.3, 0.4) is 0 Å². The van der Waals surface area contributed by atoms with Crippen molar-refractivity contribution in [3.8, 4) is 0 Å². The maximum atomic E-state index is 13.0. The van der Waals surface area contributed by atoms with Crippen molar-refractivity contribution in [3.05, 3.63) is 46.9 Å². The summed E-state index contributed by atoms with van der Waals surface area (Å²) in [5.74, 6) is 0.516. The number of hydrogen-bond donors (Lipinski definition) is 1. The van der Waals surface area contributed by atoms with E-state index in [9.17, 15) is 14.0 Å². The molecular weight excluding hydrogens is 453 g/mol. The number of thioether (sulfide) groups is 1. The normalized spacial score (nSPS) is 16.2. The van der Waals surface area contributed by atoms with E-state index in [-0.39, 0.29) is 29.4 Å². The number of hydrogen-bond acceptors (Lipinski definition) is 6. The Balaban J connectivity index is 1.54. The van der Waals surface area contributed by atoms with Gasteiger partial charge in [0.2, 0.25) is 11.8 Å². The Morgan fingerprint density at radius 3 is 2.69 bits per heavy atom. The smallest absolute Gasteiger partial charge is 0.230 e. The highest BCUT2D eigenvalue weighted by atomic mass is 35.5. The summed E-state index contributed by atoms with van der Waals surface area (Å²) >= 11 is 7.41. The van der Waals surface area contributed by atoms with Crippen LogP contribution >= 0.6 is 23.4 Å². The van der Waals surface area contributed by atoms with Gasteiger partial charge in [-0.15, -0.1) is 0 Å². The lowest BCUT2D eigenvalue weighted by molar-refractivity contribution is -0.133. The van der Waals surface area contributed by atoms with Crippen LogP contribution in [-0.2, 0) is 16.1 Å². The molecule has 1 saturated heterocycles. The Morgan fingerprint density at radius 1 is 1.25 bits per heavy atom. The van der Waals surface area contributed by atoms with Crippen LogP contribution in [0.15, 0.2) is 35.5 Å². The van der Waals surface area contributed by atoms with Crippen LogP contribution in [0.2, 0.25) is 5.15 Å². The SMILES string of the molecule is CCCC(=O)N1CCN(c2cc(Cl)nc(SCC(=O)NCc3ccc(F)cc3)n2)CC1C. The molecule has 32 heavy (non-hydrogen) atoms. The largest absolute Gasteiger partial charge is 0.353 e. The average molecular weight is 480 g/mol. The second-order valence-corrected chi connectivity index (χ2v) is 8.99. The molecule has 2 heterocycles. The van der Waals surface area contributed by atoms with Crippen molar-refractivity contribution in [1.29, 1.82) is 0 Å². The first-order chi connectivity index (χ1) is 15.4. The van der Waals surface area contributed by atoms with E-state index in [1.165, 1.54) is 23.9 Å². The summed E-state index contributed by atoms with van der Waals surface area (Å²) in [7, 11) is 0. The number of halogens is 2. The molecule has 0 spiro atoms. The molecule has 1 N–H and O–H groups in total. The lowest BCUT2D eigenvalue weighted by Gasteiger charge is -2.40. The molecule has 10 heteroatoms. The van der Waals surface area contributed by atoms with Gasteiger partial charge in [0, 0.05) is 44.7 Å². The third kappa shape index (κ3) is 6.80. The first kappa shape index (κ1) is 24.3. The monoisotopic (exact) mass is 479 g/mol. The Hall–Kier alpha value is -2.39. The molecule has 0 aliphatic carbocycles. The Bertz CT molecular complexity index is 946. The molecular formula is C22H27ClFN5O2S. The fourth-order valence-electron chi connectivity index (χ4n) is 3.49. The van der Waals surface area contributed by atoms with Crippen LogP contribution in [0.5, 0.6) is 0 Å². The van der Waals surface area contributed by atoms with E-state index in [0.29, 0.717) is 48.7 Å². The summed E-state index contributed by atoms with van der Waals surface area (Å²) < 4.78 is 13.0. The predicted molar refractivity (Wildman–Crippen MR) is 124 cm³/mol. The third-order valence-corrected chi connectivity index (χ3v) is 6.17. The molecule has 0 radical (unpaired) electrons. The van der Waals surface area contributed by atoms with Gasteiger partial charge in [-0.25, -0.2) is 14.4 Å². The Morgan fingerprint density at radius 2 is 2.00 bits per heavy atom. The van der Waals surface area contributed by atoms with Gasteiger partial charge in [-0.2, -0.15) is 0 Å². The second kappa shape index (κ2) is 11.5. The molecule has 3 rings (SSSR count). The topological polar surface area (TPSA) is 78.4 Å². The number of carbonyl (C=O) groups is 2. The van der Waals surface area contributed by atoms with Gasteiger partial charge < -0.3 is 15.1 Å². The first-order valence-corrected chi connectivity index (χ1v) is 11.9. The van der Waals surface area contributed by atoms with E-state index in [0.717, 1.165) is 12.0 Å². The number of piperazine rings is 1. The molecule has 0 bridgehead atoms. The number of carbonyl (C=O) groups excluding carboxylic acids is 2. The number of rotatable bonds is 8. The van der Waals surface area contributed by atoms with Gasteiger partial charge in [-0.1, -0.05) is 42.4 Å². The number of benzene rings is 1. The number of anilines is 1. The minimum absolute atomic E-state index is 0.0740. The summed E-state index contributed by atoms with van der Waals surface area (Å²) in [5.41, 5.74) is 0.816. The molecule has 1 aromatic heterocycles. The maximum absolute atomic E-state index is 13.0. The van der Waals surface area contributed by atoms with Crippen LogP contribution in [0.1, 0.15) is 32.3 Å². The quantitative estimate of drug-likeness (QED) is 0.354. The van der Waals surface area contributed by atoms with Crippen molar-refractivity contribution in [2.75, 3.05) is 30.3 Å². The number of aromatic nitrogens is 2. The summed E-state index contributed by atoms with van der Waals surface area (Å²) in [4.78, 5) is 37.2. The molecule has 1 aliphatic rings. The fourth-order valence-corrected chi connectivity index (χ4v) is 4.40. The number of nitrogens with one attached hydrogen (secondary N) is 1. The highest BCUT2D eigenvalue weighted by Crippen LogP contribution is 2.24. The summed E-state index contributed by atoms with van der Waals surface area (Å²) in [6, 6.07) is 7.76. The van der Waals surface area contributed by atoms with E-state index in [2.05, 4.69) is 20.2 Å². The average Bonchev–Trinajstić information content (AvgIpc) is 2.77. The van der Waals surface area contributed by atoms with E-state index >= 15 is 0 Å². The van der Waals surface area contributed by atoms with Crippen LogP contribution in [0.25, 0.3) is 0 Å². The highest BCUT2D eigenvalue weighted by molar-refractivity contribution is 7.99. The highest BCUT2D eigenvalue weighted by Gasteiger charge is 2.28. The van der Waals surface area contributed by atoms with Crippen molar-refractivity contribution >= 4 is 41.0 Å². The molecule has 2 aromatic rings. The molecule has 1 atom stereocenters. The molecule has 1 aromatic carbocycles. The molecule has 1 unspecified atom stereocenters. The zero-order chi connectivity index (χ0) is 23.1. The van der Waals surface area contributed by atoms with E-state index in [1.54, 1.807) is 18.2 Å². The molecule has 0 saturated carbocycles. The van der Waals surface area contributed by atoms with Gasteiger partial charge in [0.15, 0.2) is 5.16 Å². The molecule has 172 valence electrons. The van der Waals surface area contributed by atoms with Crippen molar-refractivity contribution in [3.63, 3.8) is 0 Å². The van der Waals surface area contributed by atoms with Crippen LogP contribution in [0.4, 0.5) is 10.2 Å². The van der Waals surface area contributed by atoms with Crippen LogP contribution in [-0.4, -0.2) is 58.1 Å². The summed E-state index contributed by atoms with van der Waals surface area (Å²) in [6.07, 6.45) is 1.40. The molecule has 2 amide bonds. The number of amides is 2. The third-order valence-electron chi connectivity index (χ3n) is 5.13. The van der Waals surface area contributed by atoms with Crippen molar-refractivity contribution in [2.45, 2.75) is 44.4 Å². The Labute approximate surface area is 196 Å². The zero-order valence-electron chi connectivity index (χ0n) is 18.2.